The molecular weight excluding hydrogens is 527 g/mol. The van der Waals surface area contributed by atoms with Crippen LogP contribution in [0, 0.1) is 5.41 Å². The van der Waals surface area contributed by atoms with Gasteiger partial charge in [-0.25, -0.2) is 0 Å². The third kappa shape index (κ3) is 6.22. The molecule has 2 aromatic rings. The fourth-order valence-electron chi connectivity index (χ4n) is 6.36. The molecule has 2 aliphatic carbocycles. The lowest BCUT2D eigenvalue weighted by Crippen LogP contribution is -2.44. The van der Waals surface area contributed by atoms with E-state index >= 15 is 0 Å². The lowest BCUT2D eigenvalue weighted by atomic mass is 9.70. The molecule has 0 amide bonds. The van der Waals surface area contributed by atoms with E-state index in [2.05, 4.69) is 61.6 Å². The third-order valence-electron chi connectivity index (χ3n) is 9.51. The first-order valence-corrected chi connectivity index (χ1v) is 17.8. The van der Waals surface area contributed by atoms with Crippen molar-refractivity contribution in [2.45, 2.75) is 135 Å². The highest BCUT2D eigenvalue weighted by molar-refractivity contribution is 6.74. The standard InChI is InChI=1S/C33H48F3NO2Si/c1-20(2)29-28(30(38)22-14-16-23(17-15-22)33(34,35)36)26(21-12-10-11-13-21)27-24(37-29)18-32(6,7)19-25(27)39-40(8,9)31(3,4)5/h14-17,20-21,25,30,38H,10-13,18-19H2,1-9H3. The Labute approximate surface area is 240 Å². The zero-order valence-electron chi connectivity index (χ0n) is 25.8. The van der Waals surface area contributed by atoms with Gasteiger partial charge in [0, 0.05) is 22.5 Å². The first-order chi connectivity index (χ1) is 18.3. The van der Waals surface area contributed by atoms with Crippen LogP contribution in [0.5, 0.6) is 0 Å². The second-order valence-electron chi connectivity index (χ2n) is 14.8. The number of hydrogen-bond acceptors (Lipinski definition) is 3. The van der Waals surface area contributed by atoms with Crippen molar-refractivity contribution < 1.29 is 22.7 Å². The molecular formula is C33H48F3NO2Si. The van der Waals surface area contributed by atoms with Crippen molar-refractivity contribution in [3.63, 3.8) is 0 Å². The minimum Gasteiger partial charge on any atom is -0.410 e. The molecule has 2 unspecified atom stereocenters. The third-order valence-corrected chi connectivity index (χ3v) is 14.0. The fourth-order valence-corrected chi connectivity index (χ4v) is 7.63. The first kappa shape index (κ1) is 31.2. The van der Waals surface area contributed by atoms with E-state index in [9.17, 15) is 18.3 Å². The number of aromatic nitrogens is 1. The van der Waals surface area contributed by atoms with E-state index < -0.39 is 26.2 Å². The molecule has 1 aromatic heterocycles. The van der Waals surface area contributed by atoms with Crippen LogP contribution in [-0.2, 0) is 17.0 Å². The zero-order valence-corrected chi connectivity index (χ0v) is 26.8. The second-order valence-corrected chi connectivity index (χ2v) is 19.5. The molecule has 0 spiro atoms. The SMILES string of the molecule is CC(C)c1nc2c(c(C3CCCC3)c1C(O)c1ccc(C(F)(F)F)cc1)C(O[Si](C)(C)C(C)(C)C)CC(C)(C)C2. The minimum atomic E-state index is -4.42. The predicted molar refractivity (Wildman–Crippen MR) is 158 cm³/mol. The quantitative estimate of drug-likeness (QED) is 0.349. The van der Waals surface area contributed by atoms with Gasteiger partial charge in [0.25, 0.3) is 0 Å². The number of aliphatic hydroxyl groups is 1. The largest absolute Gasteiger partial charge is 0.416 e. The Morgan fingerprint density at radius 2 is 1.57 bits per heavy atom. The lowest BCUT2D eigenvalue weighted by molar-refractivity contribution is -0.137. The van der Waals surface area contributed by atoms with Crippen LogP contribution in [0.4, 0.5) is 13.2 Å². The van der Waals surface area contributed by atoms with Gasteiger partial charge in [-0.3, -0.25) is 4.98 Å². The normalized spacial score (nSPS) is 21.1. The predicted octanol–water partition coefficient (Wildman–Crippen LogP) is 10.00. The summed E-state index contributed by atoms with van der Waals surface area (Å²) in [6.07, 6.45) is 0.464. The highest BCUT2D eigenvalue weighted by Gasteiger charge is 2.45. The van der Waals surface area contributed by atoms with E-state index in [1.165, 1.54) is 12.1 Å². The van der Waals surface area contributed by atoms with Crippen LogP contribution in [0.2, 0.25) is 18.1 Å². The monoisotopic (exact) mass is 575 g/mol. The van der Waals surface area contributed by atoms with Crippen molar-refractivity contribution in [1.82, 2.24) is 4.98 Å². The highest BCUT2D eigenvalue weighted by Crippen LogP contribution is 2.53. The lowest BCUT2D eigenvalue weighted by Gasteiger charge is -2.45. The highest BCUT2D eigenvalue weighted by atomic mass is 28.4. The molecule has 0 bridgehead atoms. The number of fused-ring (bicyclic) bond motifs is 1. The fraction of sp³-hybridized carbons (Fsp3) is 0.667. The second kappa shape index (κ2) is 10.8. The van der Waals surface area contributed by atoms with Gasteiger partial charge in [0.1, 0.15) is 6.10 Å². The molecule has 40 heavy (non-hydrogen) atoms. The Morgan fingerprint density at radius 3 is 2.08 bits per heavy atom. The summed E-state index contributed by atoms with van der Waals surface area (Å²) in [6.45, 7) is 20.1. The Morgan fingerprint density at radius 1 is 1.00 bits per heavy atom. The molecule has 1 saturated carbocycles. The van der Waals surface area contributed by atoms with Crippen LogP contribution in [-0.4, -0.2) is 18.4 Å². The summed E-state index contributed by atoms with van der Waals surface area (Å²) in [6, 6.07) is 4.98. The summed E-state index contributed by atoms with van der Waals surface area (Å²) in [5, 5.41) is 12.0. The van der Waals surface area contributed by atoms with Crippen LogP contribution >= 0.6 is 0 Å². The first-order valence-electron chi connectivity index (χ1n) is 14.9. The summed E-state index contributed by atoms with van der Waals surface area (Å²) in [5.41, 5.74) is 4.82. The van der Waals surface area contributed by atoms with Crippen LogP contribution in [0.3, 0.4) is 0 Å². The molecule has 0 radical (unpaired) electrons. The van der Waals surface area contributed by atoms with Gasteiger partial charge in [-0.15, -0.1) is 0 Å². The van der Waals surface area contributed by atoms with Crippen LogP contribution in [0.25, 0.3) is 0 Å². The molecule has 3 nitrogen and oxygen atoms in total. The number of benzene rings is 1. The molecule has 1 aromatic carbocycles. The van der Waals surface area contributed by atoms with Crippen molar-refractivity contribution in [3.05, 3.63) is 63.5 Å². The summed E-state index contributed by atoms with van der Waals surface area (Å²) in [5.74, 6) is 0.328. The number of hydrogen-bond donors (Lipinski definition) is 1. The molecule has 2 atom stereocenters. The average molecular weight is 576 g/mol. The van der Waals surface area contributed by atoms with Crippen molar-refractivity contribution in [1.29, 1.82) is 0 Å². The van der Waals surface area contributed by atoms with Crippen molar-refractivity contribution >= 4 is 8.32 Å². The number of halogens is 3. The number of rotatable bonds is 6. The molecule has 1 heterocycles. The van der Waals surface area contributed by atoms with Gasteiger partial charge in [-0.1, -0.05) is 73.4 Å². The Balaban J connectivity index is 1.97. The van der Waals surface area contributed by atoms with Gasteiger partial charge in [0.2, 0.25) is 0 Å². The Hall–Kier alpha value is -1.70. The van der Waals surface area contributed by atoms with Crippen LogP contribution in [0.15, 0.2) is 24.3 Å². The van der Waals surface area contributed by atoms with Crippen LogP contribution < -0.4 is 0 Å². The zero-order chi connectivity index (χ0) is 29.8. The topological polar surface area (TPSA) is 42.4 Å². The van der Waals surface area contributed by atoms with Crippen molar-refractivity contribution in [2.75, 3.05) is 0 Å². The van der Waals surface area contributed by atoms with Crippen LogP contribution in [0.1, 0.15) is 144 Å². The molecule has 0 saturated heterocycles. The molecule has 7 heteroatoms. The van der Waals surface area contributed by atoms with Gasteiger partial charge >= 0.3 is 6.18 Å². The van der Waals surface area contributed by atoms with Gasteiger partial charge in [-0.05, 0) is 84.3 Å². The van der Waals surface area contributed by atoms with E-state index in [4.69, 9.17) is 9.41 Å². The van der Waals surface area contributed by atoms with Crippen molar-refractivity contribution in [3.8, 4) is 0 Å². The minimum absolute atomic E-state index is 0.0157. The van der Waals surface area contributed by atoms with E-state index in [1.54, 1.807) is 0 Å². The number of aliphatic hydroxyl groups excluding tert-OH is 1. The molecule has 4 rings (SSSR count). The summed E-state index contributed by atoms with van der Waals surface area (Å²) < 4.78 is 47.1. The number of pyridine rings is 1. The Bertz CT molecular complexity index is 1210. The Kier molecular flexibility index (Phi) is 8.47. The summed E-state index contributed by atoms with van der Waals surface area (Å²) in [7, 11) is -2.15. The summed E-state index contributed by atoms with van der Waals surface area (Å²) in [4.78, 5) is 5.28. The van der Waals surface area contributed by atoms with Gasteiger partial charge in [-0.2, -0.15) is 13.2 Å². The number of alkyl halides is 3. The average Bonchev–Trinajstić information content (AvgIpc) is 3.35. The van der Waals surface area contributed by atoms with Gasteiger partial charge < -0.3 is 9.53 Å². The molecule has 0 aliphatic heterocycles. The summed E-state index contributed by atoms with van der Waals surface area (Å²) >= 11 is 0. The van der Waals surface area contributed by atoms with E-state index in [-0.39, 0.29) is 28.4 Å². The number of nitrogens with zero attached hydrogens (tertiary/aromatic N) is 1. The van der Waals surface area contributed by atoms with Gasteiger partial charge in [0.15, 0.2) is 8.32 Å². The van der Waals surface area contributed by atoms with E-state index in [1.807, 2.05) is 0 Å². The van der Waals surface area contributed by atoms with E-state index in [0.717, 1.165) is 78.7 Å². The molecule has 2 aliphatic rings. The maximum atomic E-state index is 13.3. The van der Waals surface area contributed by atoms with Gasteiger partial charge in [0.05, 0.1) is 11.7 Å². The molecule has 1 N–H and O–H groups in total. The smallest absolute Gasteiger partial charge is 0.410 e. The van der Waals surface area contributed by atoms with E-state index in [0.29, 0.717) is 5.56 Å². The maximum Gasteiger partial charge on any atom is 0.416 e. The molecule has 1 fully saturated rings. The maximum absolute atomic E-state index is 13.3. The van der Waals surface area contributed by atoms with Crippen molar-refractivity contribution in [2.24, 2.45) is 5.41 Å². The molecule has 222 valence electrons.